The van der Waals surface area contributed by atoms with E-state index in [1.165, 1.54) is 6.07 Å². The van der Waals surface area contributed by atoms with Crippen LogP contribution >= 0.6 is 15.9 Å². The Kier molecular flexibility index (Phi) is 4.70. The molecule has 2 rings (SSSR count). The number of nitrogens with one attached hydrogen (secondary N) is 1. The topological polar surface area (TPSA) is 75.4 Å². The molecule has 0 radical (unpaired) electrons. The number of rotatable bonds is 5. The number of benzene rings is 2. The molecule has 2 aromatic carbocycles. The lowest BCUT2D eigenvalue weighted by Crippen LogP contribution is -2.14. The molecule has 0 aromatic heterocycles. The van der Waals surface area contributed by atoms with Crippen molar-refractivity contribution < 1.29 is 10.0 Å². The highest BCUT2D eigenvalue weighted by Crippen LogP contribution is 2.23. The lowest BCUT2D eigenvalue weighted by molar-refractivity contribution is -0.385. The predicted octanol–water partition coefficient (Wildman–Crippen LogP) is 3.35. The maximum absolute atomic E-state index is 10.9. The Bertz CT molecular complexity index is 632. The smallest absolute Gasteiger partial charge is 0.273 e. The number of aromatic hydroxyl groups is 1. The summed E-state index contributed by atoms with van der Waals surface area (Å²) in [5.41, 5.74) is 1.43. The van der Waals surface area contributed by atoms with Gasteiger partial charge in [0.1, 0.15) is 5.75 Å². The second-order valence-corrected chi connectivity index (χ2v) is 5.18. The van der Waals surface area contributed by atoms with Crippen LogP contribution in [0.3, 0.4) is 0 Å². The first-order valence-corrected chi connectivity index (χ1v) is 6.77. The van der Waals surface area contributed by atoms with Gasteiger partial charge in [0.2, 0.25) is 0 Å². The summed E-state index contributed by atoms with van der Waals surface area (Å²) in [6, 6.07) is 11.8. The van der Waals surface area contributed by atoms with E-state index in [-0.39, 0.29) is 11.4 Å². The molecule has 5 nitrogen and oxygen atoms in total. The van der Waals surface area contributed by atoms with Crippen LogP contribution in [-0.2, 0) is 13.1 Å². The third-order valence-corrected chi connectivity index (χ3v) is 3.35. The van der Waals surface area contributed by atoms with Crippen LogP contribution in [-0.4, -0.2) is 10.0 Å². The van der Waals surface area contributed by atoms with Crippen molar-refractivity contribution >= 4 is 21.6 Å². The van der Waals surface area contributed by atoms with Gasteiger partial charge in [0.05, 0.1) is 4.92 Å². The summed E-state index contributed by atoms with van der Waals surface area (Å²) in [5, 5.41) is 23.7. The van der Waals surface area contributed by atoms with Gasteiger partial charge in [-0.2, -0.15) is 0 Å². The second-order valence-electron chi connectivity index (χ2n) is 4.26. The number of nitro benzene ring substituents is 1. The van der Waals surface area contributed by atoms with Crippen LogP contribution in [0.2, 0.25) is 0 Å². The molecule has 0 saturated carbocycles. The fourth-order valence-electron chi connectivity index (χ4n) is 1.87. The fourth-order valence-corrected chi connectivity index (χ4v) is 2.27. The number of para-hydroxylation sites is 1. The quantitative estimate of drug-likeness (QED) is 0.648. The normalized spacial score (nSPS) is 10.4. The molecule has 0 atom stereocenters. The van der Waals surface area contributed by atoms with Crippen LogP contribution in [0, 0.1) is 10.1 Å². The number of hydrogen-bond acceptors (Lipinski definition) is 4. The van der Waals surface area contributed by atoms with Gasteiger partial charge in [-0.1, -0.05) is 34.1 Å². The van der Waals surface area contributed by atoms with Gasteiger partial charge < -0.3 is 10.4 Å². The van der Waals surface area contributed by atoms with Gasteiger partial charge in [0, 0.05) is 34.8 Å². The van der Waals surface area contributed by atoms with Crippen molar-refractivity contribution in [1.29, 1.82) is 0 Å². The summed E-state index contributed by atoms with van der Waals surface area (Å²) in [7, 11) is 0. The average molecular weight is 337 g/mol. The molecular formula is C14H13BrN2O3. The van der Waals surface area contributed by atoms with E-state index >= 15 is 0 Å². The molecule has 0 amide bonds. The highest BCUT2D eigenvalue weighted by molar-refractivity contribution is 9.10. The van der Waals surface area contributed by atoms with Crippen molar-refractivity contribution in [2.24, 2.45) is 0 Å². The Morgan fingerprint density at radius 1 is 1.15 bits per heavy atom. The molecule has 104 valence electrons. The summed E-state index contributed by atoms with van der Waals surface area (Å²) >= 11 is 3.30. The highest BCUT2D eigenvalue weighted by atomic mass is 79.9. The lowest BCUT2D eigenvalue weighted by atomic mass is 10.1. The average Bonchev–Trinajstić information content (AvgIpc) is 2.41. The maximum Gasteiger partial charge on any atom is 0.273 e. The number of nitro groups is 1. The predicted molar refractivity (Wildman–Crippen MR) is 79.4 cm³/mol. The Hall–Kier alpha value is -1.92. The zero-order valence-electron chi connectivity index (χ0n) is 10.5. The van der Waals surface area contributed by atoms with Gasteiger partial charge in [-0.15, -0.1) is 0 Å². The van der Waals surface area contributed by atoms with Crippen molar-refractivity contribution in [1.82, 2.24) is 5.32 Å². The van der Waals surface area contributed by atoms with Gasteiger partial charge in [-0.25, -0.2) is 0 Å². The van der Waals surface area contributed by atoms with Crippen LogP contribution < -0.4 is 5.32 Å². The van der Waals surface area contributed by atoms with Crippen molar-refractivity contribution in [2.45, 2.75) is 13.1 Å². The van der Waals surface area contributed by atoms with E-state index < -0.39 is 4.92 Å². The van der Waals surface area contributed by atoms with Crippen LogP contribution in [0.15, 0.2) is 46.9 Å². The lowest BCUT2D eigenvalue weighted by Gasteiger charge is -2.07. The molecule has 0 aliphatic carbocycles. The van der Waals surface area contributed by atoms with E-state index in [1.54, 1.807) is 30.3 Å². The van der Waals surface area contributed by atoms with Gasteiger partial charge in [0.25, 0.3) is 5.69 Å². The Morgan fingerprint density at radius 3 is 2.55 bits per heavy atom. The summed E-state index contributed by atoms with van der Waals surface area (Å²) in [5.74, 6) is 0.212. The first kappa shape index (κ1) is 14.5. The number of hydrogen-bond donors (Lipinski definition) is 2. The molecule has 0 spiro atoms. The summed E-state index contributed by atoms with van der Waals surface area (Å²) < 4.78 is 0.794. The van der Waals surface area contributed by atoms with Crippen molar-refractivity contribution in [3.63, 3.8) is 0 Å². The summed E-state index contributed by atoms with van der Waals surface area (Å²) in [6.07, 6.45) is 0. The van der Waals surface area contributed by atoms with E-state index in [1.807, 2.05) is 6.07 Å². The van der Waals surface area contributed by atoms with E-state index in [2.05, 4.69) is 21.2 Å². The standard InChI is InChI=1S/C14H13BrN2O3/c15-12-5-6-13(17(19)20)11(7-12)9-16-8-10-3-1-2-4-14(10)18/h1-7,16,18H,8-9H2. The Morgan fingerprint density at radius 2 is 1.85 bits per heavy atom. The molecule has 0 heterocycles. The van der Waals surface area contributed by atoms with Crippen LogP contribution in [0.25, 0.3) is 0 Å². The van der Waals surface area contributed by atoms with Crippen LogP contribution in [0.1, 0.15) is 11.1 Å². The largest absolute Gasteiger partial charge is 0.508 e. The Labute approximate surface area is 124 Å². The van der Waals surface area contributed by atoms with Crippen molar-refractivity contribution in [2.75, 3.05) is 0 Å². The molecule has 6 heteroatoms. The monoisotopic (exact) mass is 336 g/mol. The molecule has 0 bridgehead atoms. The first-order chi connectivity index (χ1) is 9.58. The SMILES string of the molecule is O=[N+]([O-])c1ccc(Br)cc1CNCc1ccccc1O. The maximum atomic E-state index is 10.9. The summed E-state index contributed by atoms with van der Waals surface area (Å²) in [4.78, 5) is 10.5. The molecule has 0 unspecified atom stereocenters. The van der Waals surface area contributed by atoms with E-state index in [9.17, 15) is 15.2 Å². The van der Waals surface area contributed by atoms with Gasteiger partial charge >= 0.3 is 0 Å². The molecular weight excluding hydrogens is 324 g/mol. The van der Waals surface area contributed by atoms with E-state index in [0.717, 1.165) is 10.0 Å². The number of nitrogens with zero attached hydrogens (tertiary/aromatic N) is 1. The van der Waals surface area contributed by atoms with Gasteiger partial charge in [-0.05, 0) is 18.2 Å². The molecule has 20 heavy (non-hydrogen) atoms. The zero-order chi connectivity index (χ0) is 14.5. The third kappa shape index (κ3) is 3.55. The molecule has 2 N–H and O–H groups in total. The molecule has 2 aromatic rings. The van der Waals surface area contributed by atoms with Gasteiger partial charge in [0.15, 0.2) is 0 Å². The molecule has 0 aliphatic heterocycles. The van der Waals surface area contributed by atoms with Gasteiger partial charge in [-0.3, -0.25) is 10.1 Å². The fraction of sp³-hybridized carbons (Fsp3) is 0.143. The van der Waals surface area contributed by atoms with E-state index in [0.29, 0.717) is 18.7 Å². The van der Waals surface area contributed by atoms with E-state index in [4.69, 9.17) is 0 Å². The minimum absolute atomic E-state index is 0.0815. The number of halogens is 1. The van der Waals surface area contributed by atoms with Crippen molar-refractivity contribution in [3.8, 4) is 5.75 Å². The Balaban J connectivity index is 2.06. The molecule has 0 aliphatic rings. The highest BCUT2D eigenvalue weighted by Gasteiger charge is 2.13. The minimum Gasteiger partial charge on any atom is -0.508 e. The van der Waals surface area contributed by atoms with Crippen molar-refractivity contribution in [3.05, 3.63) is 68.2 Å². The van der Waals surface area contributed by atoms with Crippen LogP contribution in [0.4, 0.5) is 5.69 Å². The minimum atomic E-state index is -0.399. The molecule has 0 saturated heterocycles. The summed E-state index contributed by atoms with van der Waals surface area (Å²) in [6.45, 7) is 0.792. The van der Waals surface area contributed by atoms with Crippen LogP contribution in [0.5, 0.6) is 5.75 Å². The molecule has 0 fully saturated rings. The third-order valence-electron chi connectivity index (χ3n) is 2.86. The second kappa shape index (κ2) is 6.49. The zero-order valence-corrected chi connectivity index (χ0v) is 12.1. The number of phenolic OH excluding ortho intramolecular Hbond substituents is 1. The number of phenols is 1. The first-order valence-electron chi connectivity index (χ1n) is 5.98.